The zero-order valence-corrected chi connectivity index (χ0v) is 18.3. The number of fused-ring (bicyclic) bond motifs is 1. The van der Waals surface area contributed by atoms with Crippen molar-refractivity contribution >= 4 is 34.4 Å². The van der Waals surface area contributed by atoms with Gasteiger partial charge in [0.15, 0.2) is 0 Å². The zero-order chi connectivity index (χ0) is 22.2. The van der Waals surface area contributed by atoms with E-state index in [1.165, 1.54) is 0 Å². The Labute approximate surface area is 187 Å². The number of anilines is 4. The van der Waals surface area contributed by atoms with Gasteiger partial charge in [-0.15, -0.1) is 0 Å². The minimum absolute atomic E-state index is 0.483. The van der Waals surface area contributed by atoms with Crippen molar-refractivity contribution in [2.75, 3.05) is 41.8 Å². The van der Waals surface area contributed by atoms with Gasteiger partial charge in [0.05, 0.1) is 12.1 Å². The number of benzene rings is 2. The van der Waals surface area contributed by atoms with E-state index < -0.39 is 0 Å². The zero-order valence-electron chi connectivity index (χ0n) is 18.3. The molecule has 4 aromatic rings. The molecule has 0 saturated heterocycles. The Morgan fingerprint density at radius 3 is 2.50 bits per heavy atom. The van der Waals surface area contributed by atoms with E-state index in [0.717, 1.165) is 35.4 Å². The lowest BCUT2D eigenvalue weighted by Crippen LogP contribution is -2.25. The molecule has 0 spiro atoms. The van der Waals surface area contributed by atoms with Gasteiger partial charge in [0.2, 0.25) is 17.8 Å². The summed E-state index contributed by atoms with van der Waals surface area (Å²) in [5.74, 6) is 2.45. The summed E-state index contributed by atoms with van der Waals surface area (Å²) in [6, 6.07) is 19.7. The molecule has 164 valence electrons. The average Bonchev–Trinajstić information content (AvgIpc) is 2.83. The molecule has 2 aromatic carbocycles. The van der Waals surface area contributed by atoms with Crippen LogP contribution in [0.2, 0.25) is 0 Å². The van der Waals surface area contributed by atoms with E-state index in [-0.39, 0.29) is 0 Å². The van der Waals surface area contributed by atoms with Crippen LogP contribution in [0.4, 0.5) is 23.5 Å². The lowest BCUT2D eigenvalue weighted by Gasteiger charge is -2.20. The van der Waals surface area contributed by atoms with Gasteiger partial charge in [-0.1, -0.05) is 24.3 Å². The first kappa shape index (κ1) is 21.3. The number of hydrogen-bond acceptors (Lipinski definition) is 8. The van der Waals surface area contributed by atoms with Gasteiger partial charge < -0.3 is 20.3 Å². The van der Waals surface area contributed by atoms with Crippen molar-refractivity contribution < 1.29 is 4.74 Å². The quantitative estimate of drug-likeness (QED) is 0.356. The van der Waals surface area contributed by atoms with Crippen LogP contribution >= 0.6 is 0 Å². The highest BCUT2D eigenvalue weighted by Crippen LogP contribution is 2.21. The van der Waals surface area contributed by atoms with Crippen molar-refractivity contribution in [2.24, 2.45) is 0 Å². The van der Waals surface area contributed by atoms with E-state index in [2.05, 4.69) is 49.3 Å². The molecule has 0 bridgehead atoms. The maximum Gasteiger partial charge on any atom is 0.233 e. The number of pyridine rings is 1. The topological polar surface area (TPSA) is 88.1 Å². The van der Waals surface area contributed by atoms with Crippen LogP contribution in [-0.2, 0) is 0 Å². The second kappa shape index (κ2) is 10.4. The maximum absolute atomic E-state index is 5.75. The number of nitrogens with one attached hydrogen (secondary N) is 2. The standard InChI is InChI=1S/C24H27N7O/c1-3-31(4-2)24-29-22(26-15-16-32-20-10-6-5-7-11-20)28-23(30-24)27-19-12-13-21-18(17-19)9-8-14-25-21/h5-14,17H,3-4,15-16H2,1-2H3,(H2,26,27,28,29,30). The molecule has 0 atom stereocenters. The van der Waals surface area contributed by atoms with Gasteiger partial charge in [-0.3, -0.25) is 4.98 Å². The molecule has 2 N–H and O–H groups in total. The van der Waals surface area contributed by atoms with Gasteiger partial charge in [-0.05, 0) is 50.2 Å². The highest BCUT2D eigenvalue weighted by Gasteiger charge is 2.12. The Morgan fingerprint density at radius 1 is 0.875 bits per heavy atom. The minimum Gasteiger partial charge on any atom is -0.492 e. The summed E-state index contributed by atoms with van der Waals surface area (Å²) >= 11 is 0. The molecule has 0 fully saturated rings. The van der Waals surface area contributed by atoms with Gasteiger partial charge in [0.1, 0.15) is 12.4 Å². The van der Waals surface area contributed by atoms with Gasteiger partial charge in [0.25, 0.3) is 0 Å². The molecular formula is C24H27N7O. The molecular weight excluding hydrogens is 402 g/mol. The van der Waals surface area contributed by atoms with Crippen molar-refractivity contribution in [2.45, 2.75) is 13.8 Å². The van der Waals surface area contributed by atoms with Crippen LogP contribution < -0.4 is 20.3 Å². The highest BCUT2D eigenvalue weighted by atomic mass is 16.5. The first-order valence-electron chi connectivity index (χ1n) is 10.8. The minimum atomic E-state index is 0.483. The normalized spacial score (nSPS) is 10.7. The third-order valence-corrected chi connectivity index (χ3v) is 4.93. The lowest BCUT2D eigenvalue weighted by molar-refractivity contribution is 0.332. The molecule has 2 heterocycles. The fraction of sp³-hybridized carbons (Fsp3) is 0.250. The van der Waals surface area contributed by atoms with E-state index in [0.29, 0.717) is 31.0 Å². The van der Waals surface area contributed by atoms with Gasteiger partial charge in [0, 0.05) is 30.4 Å². The van der Waals surface area contributed by atoms with Crippen molar-refractivity contribution in [3.8, 4) is 5.75 Å². The second-order valence-corrected chi connectivity index (χ2v) is 7.08. The first-order chi connectivity index (χ1) is 15.7. The van der Waals surface area contributed by atoms with Gasteiger partial charge in [-0.2, -0.15) is 15.0 Å². The summed E-state index contributed by atoms with van der Waals surface area (Å²) in [7, 11) is 0. The average molecular weight is 430 g/mol. The molecule has 0 saturated carbocycles. The molecule has 0 aliphatic heterocycles. The smallest absolute Gasteiger partial charge is 0.233 e. The molecule has 0 aliphatic carbocycles. The molecule has 0 unspecified atom stereocenters. The number of nitrogens with zero attached hydrogens (tertiary/aromatic N) is 5. The van der Waals surface area contributed by atoms with Crippen LogP contribution in [0.15, 0.2) is 66.9 Å². The molecule has 0 radical (unpaired) electrons. The second-order valence-electron chi connectivity index (χ2n) is 7.08. The van der Waals surface area contributed by atoms with Gasteiger partial charge >= 0.3 is 0 Å². The largest absolute Gasteiger partial charge is 0.492 e. The third kappa shape index (κ3) is 5.40. The van der Waals surface area contributed by atoms with Crippen LogP contribution in [0, 0.1) is 0 Å². The van der Waals surface area contributed by atoms with Crippen LogP contribution in [0.5, 0.6) is 5.75 Å². The van der Waals surface area contributed by atoms with Crippen LogP contribution in [0.25, 0.3) is 10.9 Å². The van der Waals surface area contributed by atoms with Crippen molar-refractivity contribution in [1.82, 2.24) is 19.9 Å². The summed E-state index contributed by atoms with van der Waals surface area (Å²) in [6.45, 7) is 6.83. The number of hydrogen-bond donors (Lipinski definition) is 2. The Morgan fingerprint density at radius 2 is 1.69 bits per heavy atom. The number of para-hydroxylation sites is 1. The number of aromatic nitrogens is 4. The summed E-state index contributed by atoms with van der Waals surface area (Å²) < 4.78 is 5.75. The van der Waals surface area contributed by atoms with Crippen molar-refractivity contribution in [3.63, 3.8) is 0 Å². The van der Waals surface area contributed by atoms with Crippen LogP contribution in [0.1, 0.15) is 13.8 Å². The predicted octanol–water partition coefficient (Wildman–Crippen LogP) is 4.50. The van der Waals surface area contributed by atoms with Crippen molar-refractivity contribution in [3.05, 3.63) is 66.9 Å². The fourth-order valence-electron chi connectivity index (χ4n) is 3.28. The van der Waals surface area contributed by atoms with E-state index in [4.69, 9.17) is 4.74 Å². The van der Waals surface area contributed by atoms with E-state index in [9.17, 15) is 0 Å². The Kier molecular flexibility index (Phi) is 6.91. The highest BCUT2D eigenvalue weighted by molar-refractivity contribution is 5.82. The molecule has 8 nitrogen and oxygen atoms in total. The molecule has 4 rings (SSSR count). The number of rotatable bonds is 10. The summed E-state index contributed by atoms with van der Waals surface area (Å²) in [4.78, 5) is 20.2. The Bertz CT molecular complexity index is 1150. The van der Waals surface area contributed by atoms with E-state index in [1.54, 1.807) is 6.20 Å². The van der Waals surface area contributed by atoms with E-state index in [1.807, 2.05) is 60.7 Å². The predicted molar refractivity (Wildman–Crippen MR) is 129 cm³/mol. The first-order valence-corrected chi connectivity index (χ1v) is 10.8. The molecule has 2 aromatic heterocycles. The monoisotopic (exact) mass is 429 g/mol. The summed E-state index contributed by atoms with van der Waals surface area (Å²) in [5, 5.41) is 7.61. The molecule has 32 heavy (non-hydrogen) atoms. The molecule has 8 heteroatoms. The van der Waals surface area contributed by atoms with Crippen LogP contribution in [0.3, 0.4) is 0 Å². The summed E-state index contributed by atoms with van der Waals surface area (Å²) in [6.07, 6.45) is 1.79. The van der Waals surface area contributed by atoms with E-state index >= 15 is 0 Å². The lowest BCUT2D eigenvalue weighted by atomic mass is 10.2. The molecule has 0 amide bonds. The SMILES string of the molecule is CCN(CC)c1nc(NCCOc2ccccc2)nc(Nc2ccc3ncccc3c2)n1. The van der Waals surface area contributed by atoms with Crippen molar-refractivity contribution in [1.29, 1.82) is 0 Å². The number of ether oxygens (including phenoxy) is 1. The Hall–Kier alpha value is -3.94. The Balaban J connectivity index is 1.50. The fourth-order valence-corrected chi connectivity index (χ4v) is 3.28. The van der Waals surface area contributed by atoms with Gasteiger partial charge in [-0.25, -0.2) is 0 Å². The molecule has 0 aliphatic rings. The summed E-state index contributed by atoms with van der Waals surface area (Å²) in [5.41, 5.74) is 1.83. The van der Waals surface area contributed by atoms with Crippen LogP contribution in [-0.4, -0.2) is 46.2 Å². The maximum atomic E-state index is 5.75. The third-order valence-electron chi connectivity index (χ3n) is 4.93.